The maximum absolute atomic E-state index is 11.3. The molecule has 3 nitrogen and oxygen atoms in total. The predicted molar refractivity (Wildman–Crippen MR) is 86.4 cm³/mol. The topological polar surface area (TPSA) is 42.2 Å². The molecule has 0 saturated heterocycles. The number of aryl methyl sites for hydroxylation is 1. The molecule has 1 aromatic heterocycles. The molecule has 0 bridgehead atoms. The van der Waals surface area contributed by atoms with Gasteiger partial charge in [-0.3, -0.25) is 4.79 Å². The molecule has 1 aliphatic rings. The number of carbonyl (C=O) groups is 1. The van der Waals surface area contributed by atoms with Gasteiger partial charge >= 0.3 is 5.97 Å². The normalized spacial score (nSPS) is 16.8. The Kier molecular flexibility index (Phi) is 3.59. The van der Waals surface area contributed by atoms with Crippen molar-refractivity contribution < 1.29 is 9.90 Å². The van der Waals surface area contributed by atoms with Gasteiger partial charge in [-0.2, -0.15) is 0 Å². The second-order valence-corrected chi connectivity index (χ2v) is 6.11. The van der Waals surface area contributed by atoms with E-state index in [1.165, 1.54) is 0 Å². The van der Waals surface area contributed by atoms with E-state index in [2.05, 4.69) is 0 Å². The Morgan fingerprint density at radius 2 is 2.19 bits per heavy atom. The van der Waals surface area contributed by atoms with Crippen LogP contribution in [0.25, 0.3) is 0 Å². The number of carboxylic acids is 1. The lowest BCUT2D eigenvalue weighted by Gasteiger charge is -2.09. The van der Waals surface area contributed by atoms with Crippen LogP contribution in [0.1, 0.15) is 34.9 Å². The number of carboxylic acid groups (broad SMARTS) is 1. The molecular weight excluding hydrogens is 306 g/mol. The zero-order valence-corrected chi connectivity index (χ0v) is 13.0. The van der Waals surface area contributed by atoms with Crippen molar-refractivity contribution in [2.45, 2.75) is 25.8 Å². The molecule has 0 fully saturated rings. The summed E-state index contributed by atoms with van der Waals surface area (Å²) in [6.45, 7) is 2.65. The molecule has 1 aromatic carbocycles. The number of hydrogen-bond acceptors (Lipinski definition) is 2. The van der Waals surface area contributed by atoms with Crippen molar-refractivity contribution in [2.75, 3.05) is 0 Å². The van der Waals surface area contributed by atoms with E-state index in [1.54, 1.807) is 6.07 Å². The fourth-order valence-corrected chi connectivity index (χ4v) is 3.59. The van der Waals surface area contributed by atoms with Crippen molar-refractivity contribution in [2.24, 2.45) is 0 Å². The first-order chi connectivity index (χ1) is 9.99. The lowest BCUT2D eigenvalue weighted by atomic mass is 10.1. The monoisotopic (exact) mass is 319 g/mol. The molecule has 21 heavy (non-hydrogen) atoms. The Morgan fingerprint density at radius 1 is 1.43 bits per heavy atom. The largest absolute Gasteiger partial charge is 0.481 e. The molecule has 5 heteroatoms. The van der Waals surface area contributed by atoms with Crippen molar-refractivity contribution in [3.8, 4) is 0 Å². The van der Waals surface area contributed by atoms with E-state index in [0.717, 1.165) is 22.5 Å². The van der Waals surface area contributed by atoms with Gasteiger partial charge < -0.3 is 9.67 Å². The van der Waals surface area contributed by atoms with Crippen molar-refractivity contribution >= 4 is 34.7 Å². The number of nitrogens with zero attached hydrogens (tertiary/aromatic N) is 1. The fraction of sp³-hybridized carbons (Fsp3) is 0.250. The maximum Gasteiger partial charge on any atom is 0.312 e. The summed E-state index contributed by atoms with van der Waals surface area (Å²) in [5.41, 5.74) is 3.57. The van der Waals surface area contributed by atoms with Crippen LogP contribution in [0, 0.1) is 6.92 Å². The van der Waals surface area contributed by atoms with Crippen LogP contribution in [0.4, 0.5) is 0 Å². The lowest BCUT2D eigenvalue weighted by Crippen LogP contribution is -2.09. The van der Waals surface area contributed by atoms with Gasteiger partial charge in [0.2, 0.25) is 0 Å². The van der Waals surface area contributed by atoms with Gasteiger partial charge in [0, 0.05) is 12.2 Å². The van der Waals surface area contributed by atoms with Gasteiger partial charge in [-0.05, 0) is 25.0 Å². The summed E-state index contributed by atoms with van der Waals surface area (Å²) in [6.07, 6.45) is 0.589. The molecule has 2 aromatic rings. The number of aromatic nitrogens is 1. The van der Waals surface area contributed by atoms with Crippen LogP contribution in [0.2, 0.25) is 5.02 Å². The Hall–Kier alpha value is -1.65. The molecule has 1 unspecified atom stereocenters. The van der Waals surface area contributed by atoms with Gasteiger partial charge in [0.25, 0.3) is 0 Å². The standard InChI is InChI=1S/C16H14ClNO2S/c1-9-3-2-4-10(7-9)15(21)14-12(17)8-13-11(16(19)20)5-6-18(13)14/h2-4,7-8,11H,5-6H2,1H3,(H,19,20). The van der Waals surface area contributed by atoms with Gasteiger partial charge in [-0.1, -0.05) is 53.6 Å². The molecule has 3 rings (SSSR count). The number of aliphatic carboxylic acids is 1. The Morgan fingerprint density at radius 3 is 2.86 bits per heavy atom. The zero-order valence-electron chi connectivity index (χ0n) is 11.5. The van der Waals surface area contributed by atoms with Crippen LogP contribution in [0.5, 0.6) is 0 Å². The van der Waals surface area contributed by atoms with Crippen LogP contribution >= 0.6 is 23.8 Å². The highest BCUT2D eigenvalue weighted by Crippen LogP contribution is 2.36. The summed E-state index contributed by atoms with van der Waals surface area (Å²) >= 11 is 11.9. The van der Waals surface area contributed by atoms with Crippen molar-refractivity contribution in [1.29, 1.82) is 0 Å². The summed E-state index contributed by atoms with van der Waals surface area (Å²) in [4.78, 5) is 11.9. The minimum atomic E-state index is -0.809. The highest BCUT2D eigenvalue weighted by Gasteiger charge is 2.32. The van der Waals surface area contributed by atoms with Crippen LogP contribution in [-0.2, 0) is 11.3 Å². The van der Waals surface area contributed by atoms with E-state index in [4.69, 9.17) is 23.8 Å². The van der Waals surface area contributed by atoms with Gasteiger partial charge in [0.1, 0.15) is 0 Å². The molecule has 108 valence electrons. The van der Waals surface area contributed by atoms with Crippen molar-refractivity contribution in [1.82, 2.24) is 4.57 Å². The number of rotatable bonds is 3. The molecule has 1 N–H and O–H groups in total. The SMILES string of the molecule is Cc1cccc(C(=S)c2c(Cl)cc3n2CCC3C(=O)O)c1. The third kappa shape index (κ3) is 2.39. The molecule has 0 spiro atoms. The number of benzene rings is 1. The maximum atomic E-state index is 11.3. The average Bonchev–Trinajstić information content (AvgIpc) is 2.95. The molecule has 0 aliphatic carbocycles. The molecule has 2 heterocycles. The second kappa shape index (κ2) is 5.28. The Balaban J connectivity index is 2.07. The summed E-state index contributed by atoms with van der Waals surface area (Å²) in [7, 11) is 0. The molecular formula is C16H14ClNO2S. The summed E-state index contributed by atoms with van der Waals surface area (Å²) in [5, 5.41) is 9.79. The van der Waals surface area contributed by atoms with Crippen molar-refractivity contribution in [3.63, 3.8) is 0 Å². The first kappa shape index (κ1) is 14.3. The highest BCUT2D eigenvalue weighted by atomic mass is 35.5. The number of thiocarbonyl (C=S) groups is 1. The van der Waals surface area contributed by atoms with Crippen LogP contribution in [-0.4, -0.2) is 20.5 Å². The number of fused-ring (bicyclic) bond motifs is 1. The first-order valence-electron chi connectivity index (χ1n) is 6.72. The lowest BCUT2D eigenvalue weighted by molar-refractivity contribution is -0.138. The van der Waals surface area contributed by atoms with Crippen LogP contribution < -0.4 is 0 Å². The van der Waals surface area contributed by atoms with E-state index in [-0.39, 0.29) is 0 Å². The van der Waals surface area contributed by atoms with Gasteiger partial charge in [-0.25, -0.2) is 0 Å². The van der Waals surface area contributed by atoms with Gasteiger partial charge in [0.05, 0.1) is 21.5 Å². The van der Waals surface area contributed by atoms with Crippen molar-refractivity contribution in [3.05, 3.63) is 57.9 Å². The first-order valence-corrected chi connectivity index (χ1v) is 7.50. The Bertz CT molecular complexity index is 751. The van der Waals surface area contributed by atoms with E-state index >= 15 is 0 Å². The zero-order chi connectivity index (χ0) is 15.1. The summed E-state index contributed by atoms with van der Waals surface area (Å²) in [5.74, 6) is -1.30. The van der Waals surface area contributed by atoms with E-state index in [9.17, 15) is 9.90 Å². The quantitative estimate of drug-likeness (QED) is 0.691. The van der Waals surface area contributed by atoms with Crippen LogP contribution in [0.15, 0.2) is 30.3 Å². The van der Waals surface area contributed by atoms with E-state index < -0.39 is 11.9 Å². The molecule has 1 atom stereocenters. The van der Waals surface area contributed by atoms with Crippen LogP contribution in [0.3, 0.4) is 0 Å². The summed E-state index contributed by atoms with van der Waals surface area (Å²) in [6, 6.07) is 9.68. The molecule has 0 saturated carbocycles. The number of halogens is 1. The second-order valence-electron chi connectivity index (χ2n) is 5.30. The Labute approximate surface area is 133 Å². The number of hydrogen-bond donors (Lipinski definition) is 1. The minimum absolute atomic E-state index is 0.489. The van der Waals surface area contributed by atoms with E-state index in [1.807, 2.05) is 35.8 Å². The highest BCUT2D eigenvalue weighted by molar-refractivity contribution is 7.81. The third-order valence-corrected chi connectivity index (χ3v) is 4.59. The van der Waals surface area contributed by atoms with Gasteiger partial charge in [0.15, 0.2) is 0 Å². The third-order valence-electron chi connectivity index (χ3n) is 3.87. The van der Waals surface area contributed by atoms with E-state index in [0.29, 0.717) is 22.9 Å². The smallest absolute Gasteiger partial charge is 0.312 e. The molecule has 1 aliphatic heterocycles. The average molecular weight is 320 g/mol. The minimum Gasteiger partial charge on any atom is -0.481 e. The molecule has 0 amide bonds. The molecule has 0 radical (unpaired) electrons. The predicted octanol–water partition coefficient (Wildman–Crippen LogP) is 3.79. The van der Waals surface area contributed by atoms with Gasteiger partial charge in [-0.15, -0.1) is 0 Å². The fourth-order valence-electron chi connectivity index (χ4n) is 2.87. The summed E-state index contributed by atoms with van der Waals surface area (Å²) < 4.78 is 1.95.